The molecule has 0 spiro atoms. The first-order valence-corrected chi connectivity index (χ1v) is 11.3. The molecule has 0 aliphatic rings. The van der Waals surface area contributed by atoms with Crippen molar-refractivity contribution in [2.45, 2.75) is 23.9 Å². The van der Waals surface area contributed by atoms with Gasteiger partial charge in [-0.15, -0.1) is 0 Å². The van der Waals surface area contributed by atoms with Gasteiger partial charge < -0.3 is 5.32 Å². The van der Waals surface area contributed by atoms with E-state index < -0.39 is 16.1 Å². The highest BCUT2D eigenvalue weighted by Crippen LogP contribution is 2.12. The lowest BCUT2D eigenvalue weighted by Gasteiger charge is -2.18. The number of carbonyl (C=O) groups excluding carboxylic acids is 1. The molecule has 8 heteroatoms. The van der Waals surface area contributed by atoms with E-state index >= 15 is 0 Å². The molecule has 2 aromatic carbocycles. The molecule has 1 atom stereocenters. The molecule has 0 unspecified atom stereocenters. The first-order valence-electron chi connectivity index (χ1n) is 8.01. The molecule has 0 aliphatic heterocycles. The molecule has 0 saturated heterocycles. The van der Waals surface area contributed by atoms with E-state index in [0.29, 0.717) is 23.7 Å². The molecule has 0 aliphatic carbocycles. The van der Waals surface area contributed by atoms with E-state index in [0.717, 1.165) is 5.56 Å². The van der Waals surface area contributed by atoms with E-state index in [2.05, 4.69) is 10.0 Å². The molecule has 26 heavy (non-hydrogen) atoms. The Hall–Kier alpha value is -1.54. The lowest BCUT2D eigenvalue weighted by atomic mass is 10.2. The van der Waals surface area contributed by atoms with Crippen LogP contribution < -0.4 is 10.0 Å². The minimum Gasteiger partial charge on any atom is -0.351 e. The van der Waals surface area contributed by atoms with Gasteiger partial charge in [0, 0.05) is 11.6 Å². The van der Waals surface area contributed by atoms with Gasteiger partial charge in [0.15, 0.2) is 0 Å². The van der Waals surface area contributed by atoms with E-state index in [4.69, 9.17) is 11.6 Å². The van der Waals surface area contributed by atoms with Crippen LogP contribution in [0.5, 0.6) is 0 Å². The number of benzene rings is 2. The molecule has 2 aromatic rings. The van der Waals surface area contributed by atoms with Gasteiger partial charge >= 0.3 is 0 Å². The topological polar surface area (TPSA) is 75.3 Å². The number of rotatable bonds is 9. The maximum Gasteiger partial charge on any atom is 0.241 e. The van der Waals surface area contributed by atoms with Crippen LogP contribution in [0.3, 0.4) is 0 Å². The van der Waals surface area contributed by atoms with Gasteiger partial charge in [-0.05, 0) is 48.3 Å². The summed E-state index contributed by atoms with van der Waals surface area (Å²) in [4.78, 5) is 12.7. The highest BCUT2D eigenvalue weighted by molar-refractivity contribution is 7.98. The van der Waals surface area contributed by atoms with Crippen LogP contribution in [0, 0.1) is 0 Å². The smallest absolute Gasteiger partial charge is 0.241 e. The predicted molar refractivity (Wildman–Crippen MR) is 107 cm³/mol. The first kappa shape index (κ1) is 20.8. The summed E-state index contributed by atoms with van der Waals surface area (Å²) in [6.45, 7) is 0.304. The third-order valence-corrected chi connectivity index (χ3v) is 6.04. The van der Waals surface area contributed by atoms with Crippen molar-refractivity contribution < 1.29 is 13.2 Å². The molecule has 2 N–H and O–H groups in total. The maximum absolute atomic E-state index is 12.5. The van der Waals surface area contributed by atoms with Crippen molar-refractivity contribution >= 4 is 39.3 Å². The van der Waals surface area contributed by atoms with Crippen molar-refractivity contribution in [2.75, 3.05) is 12.0 Å². The van der Waals surface area contributed by atoms with Crippen LogP contribution in [0.15, 0.2) is 59.5 Å². The first-order chi connectivity index (χ1) is 12.4. The van der Waals surface area contributed by atoms with Gasteiger partial charge in [-0.2, -0.15) is 16.5 Å². The molecule has 0 fully saturated rings. The predicted octanol–water partition coefficient (Wildman–Crippen LogP) is 3.06. The fraction of sp³-hybridized carbons (Fsp3) is 0.278. The molecule has 2 rings (SSSR count). The van der Waals surface area contributed by atoms with Crippen molar-refractivity contribution in [1.29, 1.82) is 0 Å². The molecule has 0 heterocycles. The molecule has 0 radical (unpaired) electrons. The summed E-state index contributed by atoms with van der Waals surface area (Å²) in [5.41, 5.74) is 0.886. The molecule has 1 amide bonds. The van der Waals surface area contributed by atoms with E-state index in [9.17, 15) is 13.2 Å². The fourth-order valence-corrected chi connectivity index (χ4v) is 4.10. The Morgan fingerprint density at radius 2 is 1.77 bits per heavy atom. The summed E-state index contributed by atoms with van der Waals surface area (Å²) >= 11 is 7.40. The largest absolute Gasteiger partial charge is 0.351 e. The summed E-state index contributed by atoms with van der Waals surface area (Å²) in [7, 11) is -3.76. The third-order valence-electron chi connectivity index (χ3n) is 3.66. The monoisotopic (exact) mass is 412 g/mol. The van der Waals surface area contributed by atoms with E-state index in [1.165, 1.54) is 12.1 Å². The van der Waals surface area contributed by atoms with Crippen LogP contribution >= 0.6 is 23.4 Å². The Morgan fingerprint density at radius 1 is 1.12 bits per heavy atom. The van der Waals surface area contributed by atoms with Crippen LogP contribution in [0.4, 0.5) is 0 Å². The summed E-state index contributed by atoms with van der Waals surface area (Å²) in [6, 6.07) is 14.3. The molecule has 0 saturated carbocycles. The minimum atomic E-state index is -3.76. The summed E-state index contributed by atoms with van der Waals surface area (Å²) < 4.78 is 27.5. The zero-order chi connectivity index (χ0) is 19.0. The molecule has 140 valence electrons. The van der Waals surface area contributed by atoms with Gasteiger partial charge in [-0.25, -0.2) is 8.42 Å². The molecule has 0 aromatic heterocycles. The van der Waals surface area contributed by atoms with Gasteiger partial charge in [-0.3, -0.25) is 4.79 Å². The molecular formula is C18H21ClN2O3S2. The number of hydrogen-bond acceptors (Lipinski definition) is 4. The second-order valence-electron chi connectivity index (χ2n) is 5.61. The van der Waals surface area contributed by atoms with Gasteiger partial charge in [0.05, 0.1) is 4.90 Å². The molecular weight excluding hydrogens is 392 g/mol. The van der Waals surface area contributed by atoms with Crippen molar-refractivity contribution in [3.63, 3.8) is 0 Å². The highest BCUT2D eigenvalue weighted by atomic mass is 35.5. The maximum atomic E-state index is 12.5. The number of halogens is 1. The van der Waals surface area contributed by atoms with Gasteiger partial charge in [0.2, 0.25) is 15.9 Å². The normalized spacial score (nSPS) is 12.5. The van der Waals surface area contributed by atoms with Gasteiger partial charge in [-0.1, -0.05) is 41.9 Å². The number of hydrogen-bond donors (Lipinski definition) is 2. The quantitative estimate of drug-likeness (QED) is 0.663. The van der Waals surface area contributed by atoms with Crippen molar-refractivity contribution in [3.8, 4) is 0 Å². The Labute approximate surface area is 163 Å². The number of sulfonamides is 1. The average molecular weight is 413 g/mol. The number of amides is 1. The van der Waals surface area contributed by atoms with Gasteiger partial charge in [0.25, 0.3) is 0 Å². The standard InChI is InChI=1S/C18H21ClN2O3S2/c1-25-12-11-17(21-26(23,24)16-5-3-2-4-6-16)18(22)20-13-14-7-9-15(19)10-8-14/h2-10,17,21H,11-13H2,1H3,(H,20,22)/t17-/m1/s1. The zero-order valence-electron chi connectivity index (χ0n) is 14.3. The van der Waals surface area contributed by atoms with E-state index in [1.807, 2.05) is 18.4 Å². The van der Waals surface area contributed by atoms with Crippen LogP contribution in [-0.2, 0) is 21.4 Å². The second kappa shape index (κ2) is 9.97. The summed E-state index contributed by atoms with van der Waals surface area (Å²) in [5, 5.41) is 3.40. The molecule has 0 bridgehead atoms. The van der Waals surface area contributed by atoms with E-state index in [1.54, 1.807) is 42.1 Å². The van der Waals surface area contributed by atoms with Crippen molar-refractivity contribution in [2.24, 2.45) is 0 Å². The van der Waals surface area contributed by atoms with Crippen LogP contribution in [0.25, 0.3) is 0 Å². The van der Waals surface area contributed by atoms with Crippen LogP contribution in [0.1, 0.15) is 12.0 Å². The summed E-state index contributed by atoms with van der Waals surface area (Å²) in [5.74, 6) is 0.310. The number of nitrogens with one attached hydrogen (secondary N) is 2. The fourth-order valence-electron chi connectivity index (χ4n) is 2.25. The van der Waals surface area contributed by atoms with E-state index in [-0.39, 0.29) is 10.8 Å². The average Bonchev–Trinajstić information content (AvgIpc) is 2.65. The Bertz CT molecular complexity index is 812. The lowest BCUT2D eigenvalue weighted by Crippen LogP contribution is -2.46. The lowest BCUT2D eigenvalue weighted by molar-refractivity contribution is -0.122. The van der Waals surface area contributed by atoms with Crippen LogP contribution in [0.2, 0.25) is 5.02 Å². The number of carbonyl (C=O) groups is 1. The van der Waals surface area contributed by atoms with Crippen molar-refractivity contribution in [3.05, 3.63) is 65.2 Å². The SMILES string of the molecule is CSCC[C@@H](NS(=O)(=O)c1ccccc1)C(=O)NCc1ccc(Cl)cc1. The van der Waals surface area contributed by atoms with Crippen molar-refractivity contribution in [1.82, 2.24) is 10.0 Å². The Morgan fingerprint density at radius 3 is 2.38 bits per heavy atom. The van der Waals surface area contributed by atoms with Crippen LogP contribution in [-0.4, -0.2) is 32.4 Å². The Balaban J connectivity index is 2.05. The second-order valence-corrected chi connectivity index (χ2v) is 8.75. The summed E-state index contributed by atoms with van der Waals surface area (Å²) in [6.07, 6.45) is 2.31. The number of thioether (sulfide) groups is 1. The molecule has 5 nitrogen and oxygen atoms in total. The highest BCUT2D eigenvalue weighted by Gasteiger charge is 2.25. The Kier molecular flexibility index (Phi) is 7.96. The van der Waals surface area contributed by atoms with Gasteiger partial charge in [0.1, 0.15) is 6.04 Å². The third kappa shape index (κ3) is 6.32. The zero-order valence-corrected chi connectivity index (χ0v) is 16.7. The minimum absolute atomic E-state index is 0.139.